The van der Waals surface area contributed by atoms with Crippen LogP contribution in [0.25, 0.3) is 32.1 Å². The van der Waals surface area contributed by atoms with Crippen LogP contribution < -0.4 is 5.32 Å². The van der Waals surface area contributed by atoms with Crippen molar-refractivity contribution in [3.05, 3.63) is 77.9 Å². The van der Waals surface area contributed by atoms with E-state index in [0.717, 1.165) is 50.0 Å². The second-order valence-corrected chi connectivity index (χ2v) is 7.76. The molecule has 0 fully saturated rings. The number of aromatic hydroxyl groups is 1. The molecule has 0 saturated carbocycles. The van der Waals surface area contributed by atoms with Crippen molar-refractivity contribution in [1.29, 1.82) is 0 Å². The van der Waals surface area contributed by atoms with Crippen molar-refractivity contribution in [1.82, 2.24) is 9.97 Å². The Labute approximate surface area is 172 Å². The third-order valence-electron chi connectivity index (χ3n) is 5.20. The van der Waals surface area contributed by atoms with Gasteiger partial charge in [-0.2, -0.15) is 0 Å². The zero-order valence-electron chi connectivity index (χ0n) is 15.9. The van der Waals surface area contributed by atoms with Gasteiger partial charge in [0.05, 0.1) is 5.39 Å². The maximum atomic E-state index is 10.2. The van der Waals surface area contributed by atoms with Crippen LogP contribution in [0.5, 0.6) is 5.75 Å². The summed E-state index contributed by atoms with van der Waals surface area (Å²) in [4.78, 5) is 9.96. The highest BCUT2D eigenvalue weighted by Gasteiger charge is 2.14. The Morgan fingerprint density at radius 2 is 1.72 bits per heavy atom. The van der Waals surface area contributed by atoms with E-state index in [9.17, 15) is 5.11 Å². The van der Waals surface area contributed by atoms with Crippen LogP contribution in [0.3, 0.4) is 0 Å². The lowest BCUT2D eigenvalue weighted by Gasteiger charge is -2.12. The highest BCUT2D eigenvalue weighted by molar-refractivity contribution is 7.17. The number of thiophene rings is 1. The van der Waals surface area contributed by atoms with E-state index in [1.807, 2.05) is 30.3 Å². The predicted octanol–water partition coefficient (Wildman–Crippen LogP) is 6.52. The maximum absolute atomic E-state index is 10.2. The molecule has 0 atom stereocenters. The largest absolute Gasteiger partial charge is 0.507 e. The molecule has 142 valence electrons. The number of benzene rings is 3. The second-order valence-electron chi connectivity index (χ2n) is 6.91. The minimum atomic E-state index is 0.270. The quantitative estimate of drug-likeness (QED) is 0.362. The van der Waals surface area contributed by atoms with Crippen molar-refractivity contribution in [3.63, 3.8) is 0 Å². The molecule has 0 spiro atoms. The lowest BCUT2D eigenvalue weighted by molar-refractivity contribution is 0.481. The summed E-state index contributed by atoms with van der Waals surface area (Å²) < 4.78 is 0. The zero-order chi connectivity index (χ0) is 19.8. The average molecular weight is 398 g/mol. The molecule has 2 heterocycles. The summed E-state index contributed by atoms with van der Waals surface area (Å²) in [5.41, 5.74) is 4.50. The summed E-state index contributed by atoms with van der Waals surface area (Å²) in [5, 5.41) is 18.6. The molecule has 3 aromatic carbocycles. The van der Waals surface area contributed by atoms with Crippen molar-refractivity contribution in [2.45, 2.75) is 13.3 Å². The first kappa shape index (κ1) is 17.6. The van der Waals surface area contributed by atoms with Gasteiger partial charge in [-0.1, -0.05) is 55.5 Å². The molecule has 2 aromatic heterocycles. The molecule has 2 N–H and O–H groups in total. The van der Waals surface area contributed by atoms with Gasteiger partial charge in [-0.05, 0) is 29.7 Å². The molecule has 0 bridgehead atoms. The summed E-state index contributed by atoms with van der Waals surface area (Å²) in [5.74, 6) is 1.04. The molecule has 5 heteroatoms. The molecule has 0 saturated heterocycles. The molecule has 0 aliphatic heterocycles. The van der Waals surface area contributed by atoms with E-state index in [4.69, 9.17) is 0 Å². The molecule has 0 aliphatic carbocycles. The Balaban J connectivity index is 1.65. The standard InChI is InChI=1S/C24H19N3OS/c1-2-15-9-11-16(12-10-15)19-13-29-24-22(19)23(25-14-26-24)27-20-7-3-6-18-17(20)5-4-8-21(18)28/h3-14,28H,2H2,1H3,(H,25,26,27). The van der Waals surface area contributed by atoms with Gasteiger partial charge in [-0.3, -0.25) is 0 Å². The second kappa shape index (κ2) is 7.18. The third-order valence-corrected chi connectivity index (χ3v) is 6.08. The number of aryl methyl sites for hydroxylation is 1. The fourth-order valence-electron chi connectivity index (χ4n) is 3.63. The minimum Gasteiger partial charge on any atom is -0.507 e. The van der Waals surface area contributed by atoms with Crippen LogP contribution in [-0.4, -0.2) is 15.1 Å². The normalized spacial score (nSPS) is 11.2. The van der Waals surface area contributed by atoms with Crippen LogP contribution in [0.2, 0.25) is 0 Å². The highest BCUT2D eigenvalue weighted by atomic mass is 32.1. The van der Waals surface area contributed by atoms with Gasteiger partial charge < -0.3 is 10.4 Å². The van der Waals surface area contributed by atoms with Gasteiger partial charge in [-0.15, -0.1) is 11.3 Å². The molecule has 5 rings (SSSR count). The number of fused-ring (bicyclic) bond motifs is 2. The molecular weight excluding hydrogens is 378 g/mol. The summed E-state index contributed by atoms with van der Waals surface area (Å²) in [7, 11) is 0. The van der Waals surface area contributed by atoms with Gasteiger partial charge in [-0.25, -0.2) is 9.97 Å². The molecule has 0 unspecified atom stereocenters. The molecule has 5 aromatic rings. The summed E-state index contributed by atoms with van der Waals surface area (Å²) in [6.45, 7) is 2.16. The molecule has 0 amide bonds. The van der Waals surface area contributed by atoms with E-state index < -0.39 is 0 Å². The van der Waals surface area contributed by atoms with Crippen molar-refractivity contribution in [3.8, 4) is 16.9 Å². The minimum absolute atomic E-state index is 0.270. The van der Waals surface area contributed by atoms with Gasteiger partial charge in [0.2, 0.25) is 0 Å². The molecule has 0 radical (unpaired) electrons. The predicted molar refractivity (Wildman–Crippen MR) is 121 cm³/mol. The zero-order valence-corrected chi connectivity index (χ0v) is 16.7. The fraction of sp³-hybridized carbons (Fsp3) is 0.0833. The van der Waals surface area contributed by atoms with Crippen LogP contribution in [0.4, 0.5) is 11.5 Å². The molecule has 4 nitrogen and oxygen atoms in total. The number of nitrogens with one attached hydrogen (secondary N) is 1. The lowest BCUT2D eigenvalue weighted by atomic mass is 10.0. The average Bonchev–Trinajstić information content (AvgIpc) is 3.20. The lowest BCUT2D eigenvalue weighted by Crippen LogP contribution is -1.96. The van der Waals surface area contributed by atoms with Gasteiger partial charge in [0, 0.05) is 27.4 Å². The fourth-order valence-corrected chi connectivity index (χ4v) is 4.55. The number of anilines is 2. The first-order valence-corrected chi connectivity index (χ1v) is 10.4. The smallest absolute Gasteiger partial charge is 0.143 e. The Morgan fingerprint density at radius 3 is 2.55 bits per heavy atom. The van der Waals surface area contributed by atoms with E-state index in [-0.39, 0.29) is 5.75 Å². The van der Waals surface area contributed by atoms with Crippen LogP contribution in [0.15, 0.2) is 72.4 Å². The third kappa shape index (κ3) is 3.09. The maximum Gasteiger partial charge on any atom is 0.143 e. The molecule has 0 aliphatic rings. The first-order valence-electron chi connectivity index (χ1n) is 9.54. The van der Waals surface area contributed by atoms with E-state index >= 15 is 0 Å². The van der Waals surface area contributed by atoms with Gasteiger partial charge >= 0.3 is 0 Å². The summed E-state index contributed by atoms with van der Waals surface area (Å²) >= 11 is 1.62. The number of aromatic nitrogens is 2. The van der Waals surface area contributed by atoms with Crippen molar-refractivity contribution in [2.75, 3.05) is 5.32 Å². The van der Waals surface area contributed by atoms with Crippen molar-refractivity contribution in [2.24, 2.45) is 0 Å². The summed E-state index contributed by atoms with van der Waals surface area (Å²) in [6.07, 6.45) is 2.61. The Kier molecular flexibility index (Phi) is 4.37. The van der Waals surface area contributed by atoms with Crippen LogP contribution >= 0.6 is 11.3 Å². The number of phenols is 1. The van der Waals surface area contributed by atoms with Crippen LogP contribution in [0.1, 0.15) is 12.5 Å². The molecular formula is C24H19N3OS. The Bertz CT molecular complexity index is 1330. The molecule has 29 heavy (non-hydrogen) atoms. The SMILES string of the molecule is CCc1ccc(-c2csc3ncnc(Nc4cccc5c(O)cccc45)c23)cc1. The number of rotatable bonds is 4. The van der Waals surface area contributed by atoms with Gasteiger partial charge in [0.25, 0.3) is 0 Å². The van der Waals surface area contributed by atoms with E-state index in [0.29, 0.717) is 0 Å². The van der Waals surface area contributed by atoms with E-state index in [1.54, 1.807) is 23.7 Å². The highest BCUT2D eigenvalue weighted by Crippen LogP contribution is 2.39. The van der Waals surface area contributed by atoms with Crippen LogP contribution in [-0.2, 0) is 6.42 Å². The Hall–Kier alpha value is -3.44. The van der Waals surface area contributed by atoms with Crippen LogP contribution in [0, 0.1) is 0 Å². The number of hydrogen-bond acceptors (Lipinski definition) is 5. The van der Waals surface area contributed by atoms with Gasteiger partial charge in [0.15, 0.2) is 0 Å². The van der Waals surface area contributed by atoms with Gasteiger partial charge in [0.1, 0.15) is 22.7 Å². The van der Waals surface area contributed by atoms with E-state index in [1.165, 1.54) is 5.56 Å². The summed E-state index contributed by atoms with van der Waals surface area (Å²) in [6, 6.07) is 20.0. The topological polar surface area (TPSA) is 58.0 Å². The number of phenolic OH excluding ortho intramolecular Hbond substituents is 1. The number of nitrogens with zero attached hydrogens (tertiary/aromatic N) is 2. The van der Waals surface area contributed by atoms with Crippen molar-refractivity contribution < 1.29 is 5.11 Å². The monoisotopic (exact) mass is 397 g/mol. The van der Waals surface area contributed by atoms with E-state index in [2.05, 4.69) is 51.9 Å². The Morgan fingerprint density at radius 1 is 0.931 bits per heavy atom. The first-order chi connectivity index (χ1) is 14.2. The van der Waals surface area contributed by atoms with Crippen molar-refractivity contribution >= 4 is 43.8 Å². The number of hydrogen-bond donors (Lipinski definition) is 2.